The number of fused-ring (bicyclic) bond motifs is 1. The molecule has 0 unspecified atom stereocenters. The molecule has 0 amide bonds. The van der Waals surface area contributed by atoms with Gasteiger partial charge in [0.25, 0.3) is 0 Å². The van der Waals surface area contributed by atoms with Gasteiger partial charge in [0.15, 0.2) is 0 Å². The summed E-state index contributed by atoms with van der Waals surface area (Å²) in [4.78, 5) is -0.0720. The second kappa shape index (κ2) is 17.6. The van der Waals surface area contributed by atoms with Gasteiger partial charge in [0.1, 0.15) is 10.1 Å². The minimum atomic E-state index is -4.49. The molecule has 33 heavy (non-hydrogen) atoms. The SMILES string of the molecule is CCCCCCCCCc1cccc2c(S(=O)(=O)[O-])ccc(CCCCCCCCC)c12.[K+]. The second-order valence-corrected chi connectivity index (χ2v) is 10.6. The van der Waals surface area contributed by atoms with Gasteiger partial charge in [-0.1, -0.05) is 115 Å². The molecular formula is C28H43KO3S. The number of hydrogen-bond acceptors (Lipinski definition) is 3. The smallest absolute Gasteiger partial charge is 0.744 e. The Bertz CT molecular complexity index is 884. The van der Waals surface area contributed by atoms with Gasteiger partial charge in [0.05, 0.1) is 4.90 Å². The number of rotatable bonds is 17. The summed E-state index contributed by atoms with van der Waals surface area (Å²) in [7, 11) is -4.49. The van der Waals surface area contributed by atoms with Crippen molar-refractivity contribution >= 4 is 20.9 Å². The second-order valence-electron chi connectivity index (χ2n) is 9.26. The normalized spacial score (nSPS) is 11.6. The summed E-state index contributed by atoms with van der Waals surface area (Å²) in [6.45, 7) is 4.47. The summed E-state index contributed by atoms with van der Waals surface area (Å²) in [5.41, 5.74) is 2.39. The zero-order chi connectivity index (χ0) is 23.2. The first-order valence-electron chi connectivity index (χ1n) is 13.0. The maximum Gasteiger partial charge on any atom is 1.00 e. The predicted octanol–water partition coefficient (Wildman–Crippen LogP) is 5.33. The molecule has 2 rings (SSSR count). The Labute approximate surface area is 245 Å². The van der Waals surface area contributed by atoms with Crippen LogP contribution < -0.4 is 51.4 Å². The van der Waals surface area contributed by atoms with E-state index < -0.39 is 10.1 Å². The van der Waals surface area contributed by atoms with Crippen LogP contribution in [0.4, 0.5) is 0 Å². The van der Waals surface area contributed by atoms with E-state index in [4.69, 9.17) is 0 Å². The van der Waals surface area contributed by atoms with Crippen LogP contribution in [0.2, 0.25) is 0 Å². The van der Waals surface area contributed by atoms with Gasteiger partial charge in [-0.05, 0) is 53.6 Å². The van der Waals surface area contributed by atoms with E-state index in [0.717, 1.165) is 31.1 Å². The van der Waals surface area contributed by atoms with E-state index in [0.29, 0.717) is 5.39 Å². The summed E-state index contributed by atoms with van der Waals surface area (Å²) < 4.78 is 35.7. The molecule has 2 aromatic rings. The largest absolute Gasteiger partial charge is 1.00 e. The summed E-state index contributed by atoms with van der Waals surface area (Å²) >= 11 is 0. The van der Waals surface area contributed by atoms with E-state index in [1.807, 2.05) is 18.2 Å². The van der Waals surface area contributed by atoms with Gasteiger partial charge >= 0.3 is 51.4 Å². The van der Waals surface area contributed by atoms with Crippen molar-refractivity contribution in [1.82, 2.24) is 0 Å². The molecule has 0 spiro atoms. The summed E-state index contributed by atoms with van der Waals surface area (Å²) in [6.07, 6.45) is 19.4. The Kier molecular flexibility index (Phi) is 16.7. The van der Waals surface area contributed by atoms with E-state index in [1.165, 1.54) is 94.2 Å². The molecule has 2 aromatic carbocycles. The average Bonchev–Trinajstić information content (AvgIpc) is 2.77. The number of unbranched alkanes of at least 4 members (excludes halogenated alkanes) is 12. The quantitative estimate of drug-likeness (QED) is 0.168. The molecule has 0 aliphatic carbocycles. The van der Waals surface area contributed by atoms with Gasteiger partial charge in [-0.15, -0.1) is 0 Å². The van der Waals surface area contributed by atoms with Crippen LogP contribution in [-0.4, -0.2) is 13.0 Å². The number of hydrogen-bond donors (Lipinski definition) is 0. The topological polar surface area (TPSA) is 57.2 Å². The first kappa shape index (κ1) is 31.3. The van der Waals surface area contributed by atoms with Gasteiger partial charge in [0.2, 0.25) is 0 Å². The Morgan fingerprint density at radius 2 is 1.09 bits per heavy atom. The molecule has 180 valence electrons. The van der Waals surface area contributed by atoms with E-state index in [1.54, 1.807) is 0 Å². The molecule has 0 heterocycles. The fourth-order valence-corrected chi connectivity index (χ4v) is 5.39. The van der Waals surface area contributed by atoms with Crippen LogP contribution in [0.25, 0.3) is 10.8 Å². The van der Waals surface area contributed by atoms with Crippen molar-refractivity contribution in [3.63, 3.8) is 0 Å². The molecule has 0 N–H and O–H groups in total. The van der Waals surface area contributed by atoms with Crippen LogP contribution >= 0.6 is 0 Å². The van der Waals surface area contributed by atoms with Gasteiger partial charge in [-0.2, -0.15) is 0 Å². The fraction of sp³-hybridized carbons (Fsp3) is 0.643. The standard InChI is InChI=1S/C28H44O3S.K/c1-3-5-7-9-11-13-15-18-24-20-17-21-26-27(32(29,30)31)23-22-25(28(24)26)19-16-14-12-10-8-6-4-2;/h17,20-23H,3-16,18-19H2,1-2H3,(H,29,30,31);/q;+1/p-1. The first-order chi connectivity index (χ1) is 15.5. The molecule has 0 aliphatic rings. The van der Waals surface area contributed by atoms with Crippen molar-refractivity contribution in [3.8, 4) is 0 Å². The summed E-state index contributed by atoms with van der Waals surface area (Å²) in [5, 5.41) is 1.63. The van der Waals surface area contributed by atoms with E-state index >= 15 is 0 Å². The van der Waals surface area contributed by atoms with Gasteiger partial charge < -0.3 is 4.55 Å². The van der Waals surface area contributed by atoms with Gasteiger partial charge in [0, 0.05) is 0 Å². The molecule has 0 saturated carbocycles. The molecule has 5 heteroatoms. The minimum absolute atomic E-state index is 0. The van der Waals surface area contributed by atoms with Crippen molar-refractivity contribution in [2.45, 2.75) is 121 Å². The predicted molar refractivity (Wildman–Crippen MR) is 135 cm³/mol. The Balaban J connectivity index is 0.00000544. The zero-order valence-corrected chi connectivity index (χ0v) is 25.3. The molecule has 0 aromatic heterocycles. The number of aryl methyl sites for hydroxylation is 2. The molecule has 0 atom stereocenters. The van der Waals surface area contributed by atoms with Gasteiger partial charge in [-0.25, -0.2) is 8.42 Å². The van der Waals surface area contributed by atoms with Gasteiger partial charge in [-0.3, -0.25) is 0 Å². The third-order valence-electron chi connectivity index (χ3n) is 6.54. The molecule has 0 aliphatic heterocycles. The molecule has 0 radical (unpaired) electrons. The fourth-order valence-electron chi connectivity index (χ4n) is 4.71. The third kappa shape index (κ3) is 11.2. The van der Waals surface area contributed by atoms with Crippen LogP contribution in [0.5, 0.6) is 0 Å². The van der Waals surface area contributed by atoms with E-state index in [9.17, 15) is 13.0 Å². The van der Waals surface area contributed by atoms with Crippen LogP contribution in [-0.2, 0) is 23.0 Å². The Morgan fingerprint density at radius 1 is 0.636 bits per heavy atom. The first-order valence-corrected chi connectivity index (χ1v) is 14.4. The van der Waals surface area contributed by atoms with Crippen molar-refractivity contribution < 1.29 is 64.4 Å². The Morgan fingerprint density at radius 3 is 1.58 bits per heavy atom. The maximum absolute atomic E-state index is 11.9. The monoisotopic (exact) mass is 498 g/mol. The van der Waals surface area contributed by atoms with Crippen LogP contribution in [0.15, 0.2) is 35.2 Å². The summed E-state index contributed by atoms with van der Waals surface area (Å²) in [6, 6.07) is 9.25. The maximum atomic E-state index is 11.9. The molecule has 0 fully saturated rings. The van der Waals surface area contributed by atoms with Crippen molar-refractivity contribution in [1.29, 1.82) is 0 Å². The van der Waals surface area contributed by atoms with Crippen molar-refractivity contribution in [2.75, 3.05) is 0 Å². The minimum Gasteiger partial charge on any atom is -0.744 e. The van der Waals surface area contributed by atoms with Crippen molar-refractivity contribution in [3.05, 3.63) is 41.5 Å². The van der Waals surface area contributed by atoms with Crippen LogP contribution in [0.3, 0.4) is 0 Å². The average molecular weight is 499 g/mol. The third-order valence-corrected chi connectivity index (χ3v) is 7.44. The molecular weight excluding hydrogens is 455 g/mol. The van der Waals surface area contributed by atoms with E-state index in [2.05, 4.69) is 19.9 Å². The molecule has 0 bridgehead atoms. The molecule has 3 nitrogen and oxygen atoms in total. The summed E-state index contributed by atoms with van der Waals surface area (Å²) in [5.74, 6) is 0. The van der Waals surface area contributed by atoms with Crippen molar-refractivity contribution in [2.24, 2.45) is 0 Å². The zero-order valence-electron chi connectivity index (χ0n) is 21.3. The van der Waals surface area contributed by atoms with E-state index in [-0.39, 0.29) is 56.3 Å². The molecule has 0 saturated heterocycles. The number of benzene rings is 2. The van der Waals surface area contributed by atoms with Crippen LogP contribution in [0, 0.1) is 0 Å². The van der Waals surface area contributed by atoms with Crippen LogP contribution in [0.1, 0.15) is 115 Å². The Hall–Kier alpha value is 0.246.